The maximum Gasteiger partial charge on any atom is 0.343 e. The Labute approximate surface area is 208 Å². The Morgan fingerprint density at radius 2 is 2.03 bits per heavy atom. The van der Waals surface area contributed by atoms with Gasteiger partial charge in [0.15, 0.2) is 0 Å². The van der Waals surface area contributed by atoms with Gasteiger partial charge in [0, 0.05) is 50.2 Å². The summed E-state index contributed by atoms with van der Waals surface area (Å²) in [6.45, 7) is 2.81. The molecule has 1 aromatic carbocycles. The summed E-state index contributed by atoms with van der Waals surface area (Å²) >= 11 is 0. The number of para-hydroxylation sites is 2. The summed E-state index contributed by atoms with van der Waals surface area (Å²) in [7, 11) is 1.35. The molecule has 0 aliphatic carbocycles. The molecule has 4 heterocycles. The lowest BCUT2D eigenvalue weighted by Crippen LogP contribution is -2.29. The number of aryl methyl sites for hydroxylation is 1. The Morgan fingerprint density at radius 3 is 2.83 bits per heavy atom. The van der Waals surface area contributed by atoms with Crippen LogP contribution in [0.15, 0.2) is 59.7 Å². The molecule has 1 aliphatic heterocycles. The molecule has 36 heavy (non-hydrogen) atoms. The van der Waals surface area contributed by atoms with Crippen LogP contribution in [0, 0.1) is 0 Å². The van der Waals surface area contributed by atoms with E-state index in [9.17, 15) is 9.59 Å². The van der Waals surface area contributed by atoms with Crippen molar-refractivity contribution < 1.29 is 14.3 Å². The summed E-state index contributed by atoms with van der Waals surface area (Å²) in [5.74, 6) is 0.669. The van der Waals surface area contributed by atoms with E-state index in [4.69, 9.17) is 9.47 Å². The molecule has 0 fully saturated rings. The monoisotopic (exact) mass is 487 g/mol. The van der Waals surface area contributed by atoms with Crippen LogP contribution in [0.2, 0.25) is 0 Å². The van der Waals surface area contributed by atoms with Crippen molar-refractivity contribution in [2.24, 2.45) is 0 Å². The summed E-state index contributed by atoms with van der Waals surface area (Å²) < 4.78 is 12.7. The van der Waals surface area contributed by atoms with Crippen molar-refractivity contribution in [3.63, 3.8) is 0 Å². The minimum absolute atomic E-state index is 0.175. The first-order chi connectivity index (χ1) is 17.6. The van der Waals surface area contributed by atoms with Gasteiger partial charge in [0.05, 0.1) is 31.3 Å². The first-order valence-electron chi connectivity index (χ1n) is 12.1. The number of H-pyrrole nitrogens is 1. The summed E-state index contributed by atoms with van der Waals surface area (Å²) in [6, 6.07) is 13.3. The van der Waals surface area contributed by atoms with E-state index in [1.807, 2.05) is 42.6 Å². The summed E-state index contributed by atoms with van der Waals surface area (Å²) in [5.41, 5.74) is 3.86. The number of pyridine rings is 2. The summed E-state index contributed by atoms with van der Waals surface area (Å²) in [5, 5.41) is 0. The fourth-order valence-electron chi connectivity index (χ4n) is 4.68. The van der Waals surface area contributed by atoms with Crippen LogP contribution in [0.1, 0.15) is 33.9 Å². The predicted octanol–water partition coefficient (Wildman–Crippen LogP) is 2.98. The fourth-order valence-corrected chi connectivity index (χ4v) is 4.68. The SMILES string of the molecule is COC(=O)c1c(OCCCc2cccnc2)cc(=O)n2c1CCN(Cc1nc3ccccc3[nH]1)CC2. The molecule has 0 unspecified atom stereocenters. The van der Waals surface area contributed by atoms with Crippen LogP contribution in [0.4, 0.5) is 0 Å². The molecule has 0 radical (unpaired) electrons. The van der Waals surface area contributed by atoms with Crippen molar-refractivity contribution in [1.82, 2.24) is 24.4 Å². The molecule has 0 amide bonds. The van der Waals surface area contributed by atoms with Gasteiger partial charge in [-0.2, -0.15) is 0 Å². The van der Waals surface area contributed by atoms with E-state index in [-0.39, 0.29) is 11.3 Å². The van der Waals surface area contributed by atoms with Gasteiger partial charge in [0.25, 0.3) is 5.56 Å². The topological polar surface area (TPSA) is 102 Å². The lowest BCUT2D eigenvalue weighted by molar-refractivity contribution is 0.0593. The van der Waals surface area contributed by atoms with E-state index >= 15 is 0 Å². The molecule has 3 aromatic heterocycles. The van der Waals surface area contributed by atoms with Crippen molar-refractivity contribution >= 4 is 17.0 Å². The van der Waals surface area contributed by atoms with Gasteiger partial charge in [-0.05, 0) is 36.6 Å². The number of rotatable bonds is 8. The van der Waals surface area contributed by atoms with Gasteiger partial charge in [-0.1, -0.05) is 18.2 Å². The van der Waals surface area contributed by atoms with Gasteiger partial charge in [-0.25, -0.2) is 9.78 Å². The Hall–Kier alpha value is -3.98. The number of hydrogen-bond acceptors (Lipinski definition) is 7. The number of fused-ring (bicyclic) bond motifs is 2. The largest absolute Gasteiger partial charge is 0.492 e. The first kappa shape index (κ1) is 23.7. The quantitative estimate of drug-likeness (QED) is 0.301. The second-order valence-electron chi connectivity index (χ2n) is 8.85. The number of aromatic nitrogens is 4. The van der Waals surface area contributed by atoms with Gasteiger partial charge >= 0.3 is 5.97 Å². The zero-order valence-electron chi connectivity index (χ0n) is 20.3. The van der Waals surface area contributed by atoms with Crippen LogP contribution in [-0.2, 0) is 30.7 Å². The van der Waals surface area contributed by atoms with Gasteiger partial charge in [0.1, 0.15) is 17.1 Å². The molecule has 0 saturated carbocycles. The maximum absolute atomic E-state index is 13.0. The summed E-state index contributed by atoms with van der Waals surface area (Å²) in [6.07, 6.45) is 5.61. The van der Waals surface area contributed by atoms with Crippen molar-refractivity contribution in [1.29, 1.82) is 0 Å². The highest BCUT2D eigenvalue weighted by Crippen LogP contribution is 2.25. The molecule has 1 aliphatic rings. The number of ether oxygens (including phenoxy) is 2. The molecule has 5 rings (SSSR count). The molecule has 0 atom stereocenters. The smallest absolute Gasteiger partial charge is 0.343 e. The second-order valence-corrected chi connectivity index (χ2v) is 8.85. The minimum Gasteiger partial charge on any atom is -0.492 e. The maximum atomic E-state index is 13.0. The number of methoxy groups -OCH3 is 1. The Bertz CT molecular complexity index is 1380. The molecule has 186 valence electrons. The highest BCUT2D eigenvalue weighted by atomic mass is 16.5. The molecule has 0 bridgehead atoms. The van der Waals surface area contributed by atoms with E-state index in [2.05, 4.69) is 19.9 Å². The van der Waals surface area contributed by atoms with E-state index in [1.54, 1.807) is 10.8 Å². The van der Waals surface area contributed by atoms with Gasteiger partial charge in [0.2, 0.25) is 0 Å². The Kier molecular flexibility index (Phi) is 7.08. The highest BCUT2D eigenvalue weighted by Gasteiger charge is 2.26. The molecule has 0 saturated heterocycles. The van der Waals surface area contributed by atoms with Crippen LogP contribution in [0.3, 0.4) is 0 Å². The molecular weight excluding hydrogens is 458 g/mol. The third kappa shape index (κ3) is 5.16. The molecule has 1 N–H and O–H groups in total. The van der Waals surface area contributed by atoms with E-state index in [0.29, 0.717) is 50.5 Å². The number of hydrogen-bond donors (Lipinski definition) is 1. The highest BCUT2D eigenvalue weighted by molar-refractivity contribution is 5.93. The average molecular weight is 488 g/mol. The lowest BCUT2D eigenvalue weighted by atomic mass is 10.1. The molecule has 9 heteroatoms. The lowest BCUT2D eigenvalue weighted by Gasteiger charge is -2.17. The van der Waals surface area contributed by atoms with Crippen LogP contribution in [-0.4, -0.2) is 57.2 Å². The Balaban J connectivity index is 1.32. The minimum atomic E-state index is -0.494. The van der Waals surface area contributed by atoms with Crippen molar-refractivity contribution in [3.05, 3.63) is 87.9 Å². The zero-order valence-corrected chi connectivity index (χ0v) is 20.3. The fraction of sp³-hybridized carbons (Fsp3) is 0.333. The van der Waals surface area contributed by atoms with Gasteiger partial charge in [-0.15, -0.1) is 0 Å². The molecule has 0 spiro atoms. The van der Waals surface area contributed by atoms with E-state index in [1.165, 1.54) is 13.2 Å². The van der Waals surface area contributed by atoms with Crippen LogP contribution >= 0.6 is 0 Å². The normalized spacial score (nSPS) is 13.8. The van der Waals surface area contributed by atoms with Gasteiger partial charge < -0.3 is 19.0 Å². The third-order valence-corrected chi connectivity index (χ3v) is 6.48. The number of esters is 1. The standard InChI is InChI=1S/C27H29N5O4/c1-35-27(34)26-22-10-12-31(18-24-29-20-8-2-3-9-21(20)30-24)13-14-32(22)25(33)16-23(26)36-15-5-7-19-6-4-11-28-17-19/h2-4,6,8-9,11,16-17H,5,7,10,12-15,18H2,1H3,(H,29,30). The molecular formula is C27H29N5O4. The molecule has 9 nitrogen and oxygen atoms in total. The van der Waals surface area contributed by atoms with Crippen LogP contribution in [0.25, 0.3) is 11.0 Å². The van der Waals surface area contributed by atoms with Crippen molar-refractivity contribution in [2.45, 2.75) is 32.4 Å². The third-order valence-electron chi connectivity index (χ3n) is 6.48. The number of nitrogens with zero attached hydrogens (tertiary/aromatic N) is 4. The van der Waals surface area contributed by atoms with E-state index < -0.39 is 5.97 Å². The van der Waals surface area contributed by atoms with Gasteiger partial charge in [-0.3, -0.25) is 14.7 Å². The van der Waals surface area contributed by atoms with Crippen LogP contribution in [0.5, 0.6) is 5.75 Å². The number of carbonyl (C=O) groups excluding carboxylic acids is 1. The number of nitrogens with one attached hydrogen (secondary N) is 1. The summed E-state index contributed by atoms with van der Waals surface area (Å²) in [4.78, 5) is 40.2. The van der Waals surface area contributed by atoms with Crippen molar-refractivity contribution in [2.75, 3.05) is 26.8 Å². The molecule has 4 aromatic rings. The first-order valence-corrected chi connectivity index (χ1v) is 12.1. The van der Waals surface area contributed by atoms with E-state index in [0.717, 1.165) is 35.3 Å². The average Bonchev–Trinajstić information content (AvgIpc) is 3.19. The van der Waals surface area contributed by atoms with Crippen molar-refractivity contribution in [3.8, 4) is 5.75 Å². The number of benzene rings is 1. The zero-order chi connectivity index (χ0) is 24.9. The Morgan fingerprint density at radius 1 is 1.14 bits per heavy atom. The number of carbonyl (C=O) groups is 1. The second kappa shape index (κ2) is 10.7. The number of aromatic amines is 1. The predicted molar refractivity (Wildman–Crippen MR) is 135 cm³/mol. The van der Waals surface area contributed by atoms with Crippen LogP contribution < -0.4 is 10.3 Å². The number of imidazole rings is 1.